The van der Waals surface area contributed by atoms with E-state index in [1.807, 2.05) is 6.07 Å². The first-order valence-electron chi connectivity index (χ1n) is 7.00. The van der Waals surface area contributed by atoms with Gasteiger partial charge in [-0.1, -0.05) is 0 Å². The van der Waals surface area contributed by atoms with E-state index in [2.05, 4.69) is 20.1 Å². The van der Waals surface area contributed by atoms with E-state index in [1.54, 1.807) is 19.2 Å². The van der Waals surface area contributed by atoms with E-state index < -0.39 is 4.92 Å². The molecule has 0 aliphatic carbocycles. The fraction of sp³-hybridized carbons (Fsp3) is 0.429. The van der Waals surface area contributed by atoms with Crippen molar-refractivity contribution >= 4 is 11.5 Å². The van der Waals surface area contributed by atoms with Crippen LogP contribution in [0.3, 0.4) is 0 Å². The van der Waals surface area contributed by atoms with Gasteiger partial charge in [0, 0.05) is 36.5 Å². The molecule has 0 radical (unpaired) electrons. The lowest BCUT2D eigenvalue weighted by atomic mass is 9.93. The van der Waals surface area contributed by atoms with Gasteiger partial charge in [-0.15, -0.1) is 0 Å². The minimum Gasteiger partial charge on any atom is -0.357 e. The lowest BCUT2D eigenvalue weighted by Gasteiger charge is -2.32. The first-order chi connectivity index (χ1) is 10.1. The first-order valence-corrected chi connectivity index (χ1v) is 7.00. The summed E-state index contributed by atoms with van der Waals surface area (Å²) in [5, 5.41) is 17.9. The van der Waals surface area contributed by atoms with Crippen molar-refractivity contribution in [3.8, 4) is 0 Å². The Balaban J connectivity index is 1.69. The Morgan fingerprint density at radius 2 is 2.19 bits per heavy atom. The summed E-state index contributed by atoms with van der Waals surface area (Å²) in [6.07, 6.45) is 5.19. The zero-order valence-electron chi connectivity index (χ0n) is 11.8. The lowest BCUT2D eigenvalue weighted by Crippen LogP contribution is -2.33. The summed E-state index contributed by atoms with van der Waals surface area (Å²) in [5.41, 5.74) is 1.91. The van der Waals surface area contributed by atoms with Crippen molar-refractivity contribution in [2.24, 2.45) is 0 Å². The van der Waals surface area contributed by atoms with E-state index in [9.17, 15) is 10.1 Å². The average Bonchev–Trinajstić information content (AvgIpc) is 3.01. The van der Waals surface area contributed by atoms with Crippen molar-refractivity contribution in [3.63, 3.8) is 0 Å². The Morgan fingerprint density at radius 3 is 2.76 bits per heavy atom. The van der Waals surface area contributed by atoms with Crippen LogP contribution < -0.4 is 4.90 Å². The molecule has 0 saturated carbocycles. The molecule has 1 aliphatic rings. The molecular formula is C14H17N5O2. The average molecular weight is 287 g/mol. The quantitative estimate of drug-likeness (QED) is 0.691. The number of nitro groups is 1. The molecule has 21 heavy (non-hydrogen) atoms. The van der Waals surface area contributed by atoms with Gasteiger partial charge in [0.15, 0.2) is 0 Å². The number of piperidine rings is 1. The number of anilines is 1. The van der Waals surface area contributed by atoms with Gasteiger partial charge in [0.05, 0.1) is 4.92 Å². The monoisotopic (exact) mass is 287 g/mol. The van der Waals surface area contributed by atoms with Crippen LogP contribution in [0.2, 0.25) is 0 Å². The molecule has 0 atom stereocenters. The number of hydrogen-bond donors (Lipinski definition) is 1. The third kappa shape index (κ3) is 2.72. The van der Waals surface area contributed by atoms with Crippen molar-refractivity contribution in [3.05, 3.63) is 45.9 Å². The van der Waals surface area contributed by atoms with Gasteiger partial charge in [-0.3, -0.25) is 15.2 Å². The molecule has 2 aromatic rings. The summed E-state index contributed by atoms with van der Waals surface area (Å²) >= 11 is 0. The summed E-state index contributed by atoms with van der Waals surface area (Å²) in [6.45, 7) is 3.54. The van der Waals surface area contributed by atoms with Crippen molar-refractivity contribution in [2.45, 2.75) is 25.7 Å². The maximum atomic E-state index is 10.8. The SMILES string of the molecule is Cc1cc(N2CCC(c3ccn[nH]3)CC2)ncc1[N+](=O)[O-]. The summed E-state index contributed by atoms with van der Waals surface area (Å²) in [5.74, 6) is 1.32. The topological polar surface area (TPSA) is 88.0 Å². The number of H-pyrrole nitrogens is 1. The fourth-order valence-electron chi connectivity index (χ4n) is 2.81. The third-order valence-corrected chi connectivity index (χ3v) is 4.05. The van der Waals surface area contributed by atoms with Crippen LogP contribution in [0.4, 0.5) is 11.5 Å². The van der Waals surface area contributed by atoms with E-state index in [-0.39, 0.29) is 5.69 Å². The van der Waals surface area contributed by atoms with Gasteiger partial charge in [0.2, 0.25) is 0 Å². The van der Waals surface area contributed by atoms with E-state index in [4.69, 9.17) is 0 Å². The molecule has 0 amide bonds. The Kier molecular flexibility index (Phi) is 3.55. The Hall–Kier alpha value is -2.44. The second-order valence-electron chi connectivity index (χ2n) is 5.36. The minimum atomic E-state index is -0.392. The minimum absolute atomic E-state index is 0.0751. The standard InChI is InChI=1S/C14H17N5O2/c1-10-8-14(15-9-13(10)19(20)21)18-6-3-11(4-7-18)12-2-5-16-17-12/h2,5,8-9,11H,3-4,6-7H2,1H3,(H,16,17). The molecule has 1 aliphatic heterocycles. The van der Waals surface area contributed by atoms with Gasteiger partial charge >= 0.3 is 0 Å². The molecule has 0 unspecified atom stereocenters. The molecule has 7 nitrogen and oxygen atoms in total. The molecule has 2 aromatic heterocycles. The maximum absolute atomic E-state index is 10.8. The predicted molar refractivity (Wildman–Crippen MR) is 78.4 cm³/mol. The first kappa shape index (κ1) is 13.5. The van der Waals surface area contributed by atoms with Crippen LogP contribution in [-0.2, 0) is 0 Å². The van der Waals surface area contributed by atoms with Crippen LogP contribution in [0, 0.1) is 17.0 Å². The van der Waals surface area contributed by atoms with E-state index >= 15 is 0 Å². The molecule has 7 heteroatoms. The van der Waals surface area contributed by atoms with Gasteiger partial charge in [0.25, 0.3) is 5.69 Å². The van der Waals surface area contributed by atoms with Crippen molar-refractivity contribution < 1.29 is 4.92 Å². The van der Waals surface area contributed by atoms with Crippen LogP contribution in [0.15, 0.2) is 24.5 Å². The van der Waals surface area contributed by atoms with Gasteiger partial charge in [-0.05, 0) is 31.9 Å². The third-order valence-electron chi connectivity index (χ3n) is 4.05. The van der Waals surface area contributed by atoms with Crippen molar-refractivity contribution in [2.75, 3.05) is 18.0 Å². The van der Waals surface area contributed by atoms with E-state index in [0.29, 0.717) is 11.5 Å². The van der Waals surface area contributed by atoms with Crippen molar-refractivity contribution in [1.82, 2.24) is 15.2 Å². The number of aryl methyl sites for hydroxylation is 1. The molecule has 0 bridgehead atoms. The van der Waals surface area contributed by atoms with Gasteiger partial charge < -0.3 is 4.90 Å². The summed E-state index contributed by atoms with van der Waals surface area (Å²) in [4.78, 5) is 16.9. The number of aromatic nitrogens is 3. The number of pyridine rings is 1. The van der Waals surface area contributed by atoms with Crippen LogP contribution in [-0.4, -0.2) is 33.2 Å². The molecular weight excluding hydrogens is 270 g/mol. The van der Waals surface area contributed by atoms with Crippen LogP contribution in [0.25, 0.3) is 0 Å². The van der Waals surface area contributed by atoms with Crippen LogP contribution >= 0.6 is 0 Å². The highest BCUT2D eigenvalue weighted by molar-refractivity contribution is 5.49. The highest BCUT2D eigenvalue weighted by Gasteiger charge is 2.23. The summed E-state index contributed by atoms with van der Waals surface area (Å²) < 4.78 is 0. The lowest BCUT2D eigenvalue weighted by molar-refractivity contribution is -0.385. The smallest absolute Gasteiger partial charge is 0.290 e. The van der Waals surface area contributed by atoms with Gasteiger partial charge in [0.1, 0.15) is 12.0 Å². The molecule has 1 N–H and O–H groups in total. The van der Waals surface area contributed by atoms with Crippen LogP contribution in [0.1, 0.15) is 30.0 Å². The van der Waals surface area contributed by atoms with Crippen LogP contribution in [0.5, 0.6) is 0 Å². The summed E-state index contributed by atoms with van der Waals surface area (Å²) in [7, 11) is 0. The maximum Gasteiger partial charge on any atom is 0.290 e. The molecule has 1 saturated heterocycles. The zero-order chi connectivity index (χ0) is 14.8. The highest BCUT2D eigenvalue weighted by Crippen LogP contribution is 2.29. The number of nitrogens with one attached hydrogen (secondary N) is 1. The fourth-order valence-corrected chi connectivity index (χ4v) is 2.81. The Bertz CT molecular complexity index is 633. The zero-order valence-corrected chi connectivity index (χ0v) is 11.8. The Morgan fingerprint density at radius 1 is 1.43 bits per heavy atom. The predicted octanol–water partition coefficient (Wildman–Crippen LogP) is 2.41. The largest absolute Gasteiger partial charge is 0.357 e. The van der Waals surface area contributed by atoms with E-state index in [0.717, 1.165) is 31.7 Å². The van der Waals surface area contributed by atoms with Gasteiger partial charge in [-0.25, -0.2) is 4.98 Å². The van der Waals surface area contributed by atoms with Crippen molar-refractivity contribution in [1.29, 1.82) is 0 Å². The summed E-state index contributed by atoms with van der Waals surface area (Å²) in [6, 6.07) is 3.82. The highest BCUT2D eigenvalue weighted by atomic mass is 16.6. The second-order valence-corrected chi connectivity index (χ2v) is 5.36. The number of hydrogen-bond acceptors (Lipinski definition) is 5. The van der Waals surface area contributed by atoms with E-state index in [1.165, 1.54) is 11.9 Å². The molecule has 110 valence electrons. The molecule has 0 spiro atoms. The second kappa shape index (κ2) is 5.51. The van der Waals surface area contributed by atoms with Gasteiger partial charge in [-0.2, -0.15) is 5.10 Å². The molecule has 1 fully saturated rings. The molecule has 3 heterocycles. The Labute approximate surface area is 122 Å². The number of nitrogens with zero attached hydrogens (tertiary/aromatic N) is 4. The normalized spacial score (nSPS) is 16.1. The number of rotatable bonds is 3. The number of aromatic amines is 1. The molecule has 3 rings (SSSR count). The molecule has 0 aromatic carbocycles.